The molecule has 3 rings (SSSR count). The molecule has 2 heterocycles. The average Bonchev–Trinajstić information content (AvgIpc) is 3.07. The molecule has 7 nitrogen and oxygen atoms in total. The Balaban J connectivity index is 1.81. The number of aromatic nitrogens is 3. The zero-order valence-corrected chi connectivity index (χ0v) is 14.3. The summed E-state index contributed by atoms with van der Waals surface area (Å²) < 4.78 is 1.62. The number of carbonyl (C=O) groups excluding carboxylic acids is 2. The van der Waals surface area contributed by atoms with Crippen molar-refractivity contribution in [3.8, 4) is 5.69 Å². The van der Waals surface area contributed by atoms with Gasteiger partial charge in [-0.3, -0.25) is 9.69 Å². The van der Waals surface area contributed by atoms with Crippen LogP contribution in [0.2, 0.25) is 0 Å². The van der Waals surface area contributed by atoms with Crippen molar-refractivity contribution in [1.82, 2.24) is 25.0 Å². The quantitative estimate of drug-likeness (QED) is 0.876. The van der Waals surface area contributed by atoms with Gasteiger partial charge in [-0.05, 0) is 24.5 Å². The predicted molar refractivity (Wildman–Crippen MR) is 88.3 cm³/mol. The number of hydrogen-bond donors (Lipinski definition) is 1. The second-order valence-corrected chi connectivity index (χ2v) is 7.14. The number of para-hydroxylation sites is 1. The Morgan fingerprint density at radius 3 is 2.42 bits per heavy atom. The summed E-state index contributed by atoms with van der Waals surface area (Å²) in [7, 11) is 0. The summed E-state index contributed by atoms with van der Waals surface area (Å²) in [5, 5.41) is 7.16. The fourth-order valence-corrected chi connectivity index (χ4v) is 2.57. The predicted octanol–water partition coefficient (Wildman–Crippen LogP) is 2.12. The minimum Gasteiger partial charge on any atom is -0.323 e. The van der Waals surface area contributed by atoms with E-state index in [9.17, 15) is 9.59 Å². The van der Waals surface area contributed by atoms with Gasteiger partial charge < -0.3 is 5.32 Å². The van der Waals surface area contributed by atoms with Crippen LogP contribution in [0.5, 0.6) is 0 Å². The van der Waals surface area contributed by atoms with E-state index in [4.69, 9.17) is 0 Å². The van der Waals surface area contributed by atoms with Crippen molar-refractivity contribution in [3.63, 3.8) is 0 Å². The minimum absolute atomic E-state index is 0.0518. The maximum atomic E-state index is 12.7. The average molecular weight is 327 g/mol. The van der Waals surface area contributed by atoms with Gasteiger partial charge in [0.05, 0.1) is 12.2 Å². The van der Waals surface area contributed by atoms with Crippen molar-refractivity contribution in [3.05, 3.63) is 42.5 Å². The van der Waals surface area contributed by atoms with Crippen LogP contribution in [0.4, 0.5) is 4.79 Å². The van der Waals surface area contributed by atoms with E-state index in [1.807, 2.05) is 51.1 Å². The summed E-state index contributed by atoms with van der Waals surface area (Å²) in [6, 6.07) is 9.13. The lowest BCUT2D eigenvalue weighted by Gasteiger charge is -2.35. The largest absolute Gasteiger partial charge is 0.325 e. The van der Waals surface area contributed by atoms with Crippen LogP contribution in [0.15, 0.2) is 36.7 Å². The molecule has 0 spiro atoms. The van der Waals surface area contributed by atoms with E-state index in [1.165, 1.54) is 4.90 Å². The molecular weight excluding hydrogens is 306 g/mol. The van der Waals surface area contributed by atoms with Crippen LogP contribution in [-0.2, 0) is 11.3 Å². The molecule has 0 radical (unpaired) electrons. The highest BCUT2D eigenvalue weighted by atomic mass is 16.2. The smallest absolute Gasteiger partial charge is 0.323 e. The Morgan fingerprint density at radius 2 is 1.83 bits per heavy atom. The van der Waals surface area contributed by atoms with E-state index in [2.05, 4.69) is 15.4 Å². The third-order valence-corrected chi connectivity index (χ3v) is 4.63. The number of nitrogens with zero attached hydrogens (tertiary/aromatic N) is 4. The fraction of sp³-hybridized carbons (Fsp3) is 0.412. The van der Waals surface area contributed by atoms with Crippen LogP contribution in [0.25, 0.3) is 5.69 Å². The van der Waals surface area contributed by atoms with Crippen molar-refractivity contribution in [2.45, 2.75) is 39.8 Å². The standard InChI is InChI=1S/C17H21N5O2/c1-16(2,3)17(4)14(23)21(15(24)19-17)10-13-18-11-22(20-13)12-8-6-5-7-9-12/h5-9,11H,10H2,1-4H3,(H,19,24)/t17-/m0/s1. The Kier molecular flexibility index (Phi) is 3.66. The van der Waals surface area contributed by atoms with Crippen molar-refractivity contribution in [1.29, 1.82) is 0 Å². The summed E-state index contributed by atoms with van der Waals surface area (Å²) in [5.41, 5.74) is -0.467. The maximum absolute atomic E-state index is 12.7. The van der Waals surface area contributed by atoms with Gasteiger partial charge in [-0.25, -0.2) is 14.5 Å². The highest BCUT2D eigenvalue weighted by Crippen LogP contribution is 2.35. The van der Waals surface area contributed by atoms with Gasteiger partial charge in [-0.2, -0.15) is 0 Å². The molecule has 1 fully saturated rings. The molecule has 2 aromatic rings. The fourth-order valence-electron chi connectivity index (χ4n) is 2.57. The monoisotopic (exact) mass is 327 g/mol. The summed E-state index contributed by atoms with van der Waals surface area (Å²) in [4.78, 5) is 30.4. The lowest BCUT2D eigenvalue weighted by molar-refractivity contribution is -0.134. The molecule has 126 valence electrons. The highest BCUT2D eigenvalue weighted by molar-refractivity contribution is 6.07. The number of carbonyl (C=O) groups is 2. The van der Waals surface area contributed by atoms with Gasteiger partial charge in [0.15, 0.2) is 5.82 Å². The maximum Gasteiger partial charge on any atom is 0.325 e. The topological polar surface area (TPSA) is 80.1 Å². The lowest BCUT2D eigenvalue weighted by Crippen LogP contribution is -2.54. The molecule has 0 unspecified atom stereocenters. The van der Waals surface area contributed by atoms with Gasteiger partial charge in [0, 0.05) is 0 Å². The van der Waals surface area contributed by atoms with Gasteiger partial charge >= 0.3 is 6.03 Å². The van der Waals surface area contributed by atoms with Gasteiger partial charge in [-0.15, -0.1) is 5.10 Å². The lowest BCUT2D eigenvalue weighted by atomic mass is 9.75. The highest BCUT2D eigenvalue weighted by Gasteiger charge is 2.54. The molecule has 1 aromatic heterocycles. The zero-order chi connectivity index (χ0) is 17.5. The van der Waals surface area contributed by atoms with E-state index < -0.39 is 17.0 Å². The second-order valence-electron chi connectivity index (χ2n) is 7.14. The summed E-state index contributed by atoms with van der Waals surface area (Å²) >= 11 is 0. The van der Waals surface area contributed by atoms with E-state index in [1.54, 1.807) is 17.9 Å². The van der Waals surface area contributed by atoms with Crippen LogP contribution >= 0.6 is 0 Å². The first kappa shape index (κ1) is 16.2. The molecule has 1 aromatic carbocycles. The molecule has 7 heteroatoms. The third-order valence-electron chi connectivity index (χ3n) is 4.63. The van der Waals surface area contributed by atoms with Crippen molar-refractivity contribution < 1.29 is 9.59 Å². The summed E-state index contributed by atoms with van der Waals surface area (Å²) in [6.45, 7) is 7.59. The first-order valence-corrected chi connectivity index (χ1v) is 7.82. The number of benzene rings is 1. The first-order chi connectivity index (χ1) is 11.2. The molecule has 0 bridgehead atoms. The summed E-state index contributed by atoms with van der Waals surface area (Å²) in [5.74, 6) is 0.163. The molecule has 24 heavy (non-hydrogen) atoms. The van der Waals surface area contributed by atoms with Crippen molar-refractivity contribution >= 4 is 11.9 Å². The van der Waals surface area contributed by atoms with E-state index in [0.29, 0.717) is 5.82 Å². The number of amides is 3. The molecule has 3 amide bonds. The molecule has 1 atom stereocenters. The zero-order valence-electron chi connectivity index (χ0n) is 14.3. The second kappa shape index (κ2) is 5.43. The van der Waals surface area contributed by atoms with Crippen LogP contribution in [0, 0.1) is 5.41 Å². The summed E-state index contributed by atoms with van der Waals surface area (Å²) in [6.07, 6.45) is 1.58. The van der Waals surface area contributed by atoms with Crippen LogP contribution in [-0.4, -0.2) is 37.1 Å². The Labute approximate surface area is 140 Å². The molecule has 1 aliphatic rings. The number of imide groups is 1. The van der Waals surface area contributed by atoms with E-state index in [0.717, 1.165) is 5.69 Å². The van der Waals surface area contributed by atoms with Crippen molar-refractivity contribution in [2.75, 3.05) is 0 Å². The molecule has 1 aliphatic heterocycles. The Morgan fingerprint density at radius 1 is 1.17 bits per heavy atom. The Hall–Kier alpha value is -2.70. The number of hydrogen-bond acceptors (Lipinski definition) is 4. The van der Waals surface area contributed by atoms with Gasteiger partial charge in [-0.1, -0.05) is 39.0 Å². The number of urea groups is 1. The Bertz CT molecular complexity index is 778. The molecule has 0 saturated carbocycles. The first-order valence-electron chi connectivity index (χ1n) is 7.82. The number of nitrogens with one attached hydrogen (secondary N) is 1. The van der Waals surface area contributed by atoms with Gasteiger partial charge in [0.1, 0.15) is 11.9 Å². The van der Waals surface area contributed by atoms with E-state index >= 15 is 0 Å². The SMILES string of the molecule is CC(C)(C)[C@@]1(C)NC(=O)N(Cc2ncn(-c3ccccc3)n2)C1=O. The third kappa shape index (κ3) is 2.55. The molecule has 0 aliphatic carbocycles. The van der Waals surface area contributed by atoms with Crippen LogP contribution in [0.1, 0.15) is 33.5 Å². The van der Waals surface area contributed by atoms with Gasteiger partial charge in [0.25, 0.3) is 5.91 Å². The molecule has 1 saturated heterocycles. The van der Waals surface area contributed by atoms with Gasteiger partial charge in [0.2, 0.25) is 0 Å². The van der Waals surface area contributed by atoms with Crippen LogP contribution < -0.4 is 5.32 Å². The van der Waals surface area contributed by atoms with Crippen molar-refractivity contribution in [2.24, 2.45) is 5.41 Å². The van der Waals surface area contributed by atoms with Crippen LogP contribution in [0.3, 0.4) is 0 Å². The van der Waals surface area contributed by atoms with E-state index in [-0.39, 0.29) is 12.5 Å². The minimum atomic E-state index is -0.938. The number of rotatable bonds is 3. The molecular formula is C17H21N5O2. The molecule has 1 N–H and O–H groups in total. The normalized spacial score (nSPS) is 21.2.